The van der Waals surface area contributed by atoms with Crippen LogP contribution in [0.2, 0.25) is 0 Å². The van der Waals surface area contributed by atoms with Gasteiger partial charge in [-0.15, -0.1) is 0 Å². The minimum absolute atomic E-state index is 0.0624. The van der Waals surface area contributed by atoms with E-state index in [9.17, 15) is 14.4 Å². The third-order valence-corrected chi connectivity index (χ3v) is 13.7. The van der Waals surface area contributed by atoms with Crippen LogP contribution in [-0.2, 0) is 28.6 Å². The summed E-state index contributed by atoms with van der Waals surface area (Å²) in [5.74, 6) is 0.853. The highest BCUT2D eigenvalue weighted by atomic mass is 16.6. The summed E-state index contributed by atoms with van der Waals surface area (Å²) < 4.78 is 16.9. The Morgan fingerprint density at radius 1 is 0.288 bits per heavy atom. The van der Waals surface area contributed by atoms with Gasteiger partial charge in [-0.05, 0) is 31.1 Å². The number of carbonyl (C=O) groups excluding carboxylic acids is 3. The van der Waals surface area contributed by atoms with Gasteiger partial charge in [-0.2, -0.15) is 0 Å². The summed E-state index contributed by atoms with van der Waals surface area (Å²) in [6.07, 6.45) is 56.7. The Balaban J connectivity index is 4.23. The van der Waals surface area contributed by atoms with Crippen LogP contribution < -0.4 is 0 Å². The van der Waals surface area contributed by atoms with Gasteiger partial charge in [0.25, 0.3) is 0 Å². The van der Waals surface area contributed by atoms with Crippen molar-refractivity contribution in [1.29, 1.82) is 0 Å². The van der Waals surface area contributed by atoms with Crippen LogP contribution >= 0.6 is 0 Å². The molecule has 0 unspecified atom stereocenters. The number of hydrogen-bond acceptors (Lipinski definition) is 6. The molecule has 0 bridgehead atoms. The van der Waals surface area contributed by atoms with E-state index in [0.29, 0.717) is 19.3 Å². The largest absolute Gasteiger partial charge is 0.462 e. The van der Waals surface area contributed by atoms with Gasteiger partial charge >= 0.3 is 17.9 Å². The van der Waals surface area contributed by atoms with E-state index in [0.717, 1.165) is 69.6 Å². The standard InChI is InChI=1S/C60H116O6/c1-6-7-8-9-10-11-12-25-30-35-40-45-50-58(61)64-53-57(66-60(63)52-47-42-37-32-27-22-21-24-29-34-39-44-49-56(4)5)54-65-59(62)51-46-41-36-31-26-20-18-16-14-13-15-17-19-23-28-33-38-43-48-55(2)3/h55-57H,6-54H2,1-5H3/t57-/m1/s1. The number of unbranched alkanes of at least 4 members (excludes halogenated alkanes) is 39. The summed E-state index contributed by atoms with van der Waals surface area (Å²) in [5.41, 5.74) is 0. The molecule has 0 aromatic heterocycles. The normalized spacial score (nSPS) is 12.0. The highest BCUT2D eigenvalue weighted by Gasteiger charge is 2.19. The van der Waals surface area contributed by atoms with E-state index in [-0.39, 0.29) is 31.1 Å². The van der Waals surface area contributed by atoms with Gasteiger partial charge in [0, 0.05) is 19.3 Å². The Bertz CT molecular complexity index is 1010. The predicted octanol–water partition coefficient (Wildman–Crippen LogP) is 19.7. The van der Waals surface area contributed by atoms with Crippen LogP contribution in [0.25, 0.3) is 0 Å². The average Bonchev–Trinajstić information content (AvgIpc) is 3.29. The highest BCUT2D eigenvalue weighted by Crippen LogP contribution is 2.18. The van der Waals surface area contributed by atoms with Crippen LogP contribution in [0.1, 0.15) is 336 Å². The van der Waals surface area contributed by atoms with Gasteiger partial charge < -0.3 is 14.2 Å². The van der Waals surface area contributed by atoms with E-state index in [2.05, 4.69) is 34.6 Å². The van der Waals surface area contributed by atoms with Crippen molar-refractivity contribution < 1.29 is 28.6 Å². The second-order valence-corrected chi connectivity index (χ2v) is 21.6. The maximum absolute atomic E-state index is 12.8. The summed E-state index contributed by atoms with van der Waals surface area (Å²) in [5, 5.41) is 0. The van der Waals surface area contributed by atoms with Gasteiger partial charge in [-0.3, -0.25) is 14.4 Å². The molecule has 0 N–H and O–H groups in total. The van der Waals surface area contributed by atoms with Crippen molar-refractivity contribution in [2.75, 3.05) is 13.2 Å². The third kappa shape index (κ3) is 53.4. The molecule has 0 aliphatic heterocycles. The molecule has 0 heterocycles. The molecule has 0 radical (unpaired) electrons. The number of ether oxygens (including phenoxy) is 3. The monoisotopic (exact) mass is 933 g/mol. The summed E-state index contributed by atoms with van der Waals surface area (Å²) in [7, 11) is 0. The minimum Gasteiger partial charge on any atom is -0.462 e. The SMILES string of the molecule is CCCCCCCCCCCCCCC(=O)OC[C@H](COC(=O)CCCCCCCCCCCCCCCCCCCCC(C)C)OC(=O)CCCCCCCCCCCCCCC(C)C. The molecular formula is C60H116O6. The lowest BCUT2D eigenvalue weighted by atomic mass is 10.0. The van der Waals surface area contributed by atoms with Gasteiger partial charge in [0.1, 0.15) is 13.2 Å². The lowest BCUT2D eigenvalue weighted by molar-refractivity contribution is -0.167. The van der Waals surface area contributed by atoms with Crippen LogP contribution in [0.3, 0.4) is 0 Å². The summed E-state index contributed by atoms with van der Waals surface area (Å²) >= 11 is 0. The third-order valence-electron chi connectivity index (χ3n) is 13.7. The molecule has 0 saturated carbocycles. The molecule has 6 heteroatoms. The van der Waals surface area contributed by atoms with Crippen LogP contribution in [0.5, 0.6) is 0 Å². The zero-order chi connectivity index (χ0) is 48.2. The van der Waals surface area contributed by atoms with Gasteiger partial charge in [-0.25, -0.2) is 0 Å². The number of hydrogen-bond donors (Lipinski definition) is 0. The number of esters is 3. The van der Waals surface area contributed by atoms with Crippen molar-refractivity contribution in [3.05, 3.63) is 0 Å². The average molecular weight is 934 g/mol. The highest BCUT2D eigenvalue weighted by molar-refractivity contribution is 5.71. The molecule has 1 atom stereocenters. The van der Waals surface area contributed by atoms with Crippen molar-refractivity contribution in [2.24, 2.45) is 11.8 Å². The summed E-state index contributed by atoms with van der Waals surface area (Å²) in [6.45, 7) is 11.4. The first-order chi connectivity index (χ1) is 32.2. The molecule has 6 nitrogen and oxygen atoms in total. The van der Waals surface area contributed by atoms with Crippen molar-refractivity contribution in [2.45, 2.75) is 343 Å². The molecular weight excluding hydrogens is 817 g/mol. The first-order valence-electron chi connectivity index (χ1n) is 29.7. The minimum atomic E-state index is -0.762. The maximum Gasteiger partial charge on any atom is 0.306 e. The lowest BCUT2D eigenvalue weighted by Crippen LogP contribution is -2.30. The Hall–Kier alpha value is -1.59. The van der Waals surface area contributed by atoms with Crippen molar-refractivity contribution in [1.82, 2.24) is 0 Å². The zero-order valence-electron chi connectivity index (χ0n) is 45.3. The van der Waals surface area contributed by atoms with Crippen LogP contribution in [0.15, 0.2) is 0 Å². The number of rotatable bonds is 54. The molecule has 66 heavy (non-hydrogen) atoms. The fourth-order valence-corrected chi connectivity index (χ4v) is 9.23. The van der Waals surface area contributed by atoms with E-state index < -0.39 is 6.10 Å². The first-order valence-corrected chi connectivity index (χ1v) is 29.7. The Kier molecular flexibility index (Phi) is 51.5. The predicted molar refractivity (Wildman–Crippen MR) is 284 cm³/mol. The Morgan fingerprint density at radius 3 is 0.742 bits per heavy atom. The first kappa shape index (κ1) is 64.4. The summed E-state index contributed by atoms with van der Waals surface area (Å²) in [4.78, 5) is 38.1. The molecule has 0 aliphatic rings. The van der Waals surface area contributed by atoms with E-state index in [1.807, 2.05) is 0 Å². The van der Waals surface area contributed by atoms with E-state index in [1.165, 1.54) is 225 Å². The smallest absolute Gasteiger partial charge is 0.306 e. The lowest BCUT2D eigenvalue weighted by Gasteiger charge is -2.18. The molecule has 0 spiro atoms. The quantitative estimate of drug-likeness (QED) is 0.0343. The topological polar surface area (TPSA) is 78.9 Å². The molecule has 0 fully saturated rings. The second kappa shape index (κ2) is 52.8. The van der Waals surface area contributed by atoms with Gasteiger partial charge in [-0.1, -0.05) is 298 Å². The van der Waals surface area contributed by atoms with Crippen LogP contribution in [-0.4, -0.2) is 37.2 Å². The van der Waals surface area contributed by atoms with Gasteiger partial charge in [0.2, 0.25) is 0 Å². The van der Waals surface area contributed by atoms with Crippen molar-refractivity contribution >= 4 is 17.9 Å². The van der Waals surface area contributed by atoms with E-state index in [4.69, 9.17) is 14.2 Å². The van der Waals surface area contributed by atoms with Crippen molar-refractivity contribution in [3.63, 3.8) is 0 Å². The fourth-order valence-electron chi connectivity index (χ4n) is 9.23. The molecule has 0 aliphatic carbocycles. The van der Waals surface area contributed by atoms with Crippen LogP contribution in [0.4, 0.5) is 0 Å². The summed E-state index contributed by atoms with van der Waals surface area (Å²) in [6, 6.07) is 0. The fraction of sp³-hybridized carbons (Fsp3) is 0.950. The zero-order valence-corrected chi connectivity index (χ0v) is 45.3. The Morgan fingerprint density at radius 2 is 0.500 bits per heavy atom. The number of carbonyl (C=O) groups is 3. The van der Waals surface area contributed by atoms with Crippen molar-refractivity contribution in [3.8, 4) is 0 Å². The molecule has 0 aromatic carbocycles. The van der Waals surface area contributed by atoms with Gasteiger partial charge in [0.15, 0.2) is 6.10 Å². The van der Waals surface area contributed by atoms with E-state index >= 15 is 0 Å². The molecule has 392 valence electrons. The molecule has 0 aromatic rings. The van der Waals surface area contributed by atoms with E-state index in [1.54, 1.807) is 0 Å². The molecule has 0 rings (SSSR count). The van der Waals surface area contributed by atoms with Crippen LogP contribution in [0, 0.1) is 11.8 Å². The molecule has 0 saturated heterocycles. The van der Waals surface area contributed by atoms with Gasteiger partial charge in [0.05, 0.1) is 0 Å². The Labute approximate surface area is 412 Å². The molecule has 0 amide bonds. The maximum atomic E-state index is 12.8. The second-order valence-electron chi connectivity index (χ2n) is 21.6.